The maximum Gasteiger partial charge on any atom is 0.137 e. The van der Waals surface area contributed by atoms with Crippen LogP contribution < -0.4 is 5.32 Å². The summed E-state index contributed by atoms with van der Waals surface area (Å²) in [6, 6.07) is 7.23. The molecule has 2 aromatic rings. The number of nitrogens with one attached hydrogen (secondary N) is 1. The van der Waals surface area contributed by atoms with Crippen LogP contribution in [0.3, 0.4) is 0 Å². The first-order chi connectivity index (χ1) is 9.13. The molecule has 1 atom stereocenters. The van der Waals surface area contributed by atoms with Crippen LogP contribution in [0.25, 0.3) is 0 Å². The van der Waals surface area contributed by atoms with E-state index < -0.39 is 0 Å². The van der Waals surface area contributed by atoms with Gasteiger partial charge < -0.3 is 9.73 Å². The van der Waals surface area contributed by atoms with Crippen LogP contribution in [0.4, 0.5) is 4.39 Å². The third-order valence-corrected chi connectivity index (χ3v) is 4.07. The Morgan fingerprint density at radius 2 is 2.16 bits per heavy atom. The van der Waals surface area contributed by atoms with Crippen molar-refractivity contribution in [3.63, 3.8) is 0 Å². The van der Waals surface area contributed by atoms with Crippen LogP contribution in [-0.4, -0.2) is 6.54 Å². The lowest BCUT2D eigenvalue weighted by Crippen LogP contribution is -2.23. The molecule has 2 rings (SSSR count). The summed E-state index contributed by atoms with van der Waals surface area (Å²) >= 11 is 3.32. The van der Waals surface area contributed by atoms with Gasteiger partial charge in [0.25, 0.3) is 0 Å². The summed E-state index contributed by atoms with van der Waals surface area (Å²) in [5.41, 5.74) is 2.07. The predicted octanol–water partition coefficient (Wildman–Crippen LogP) is 4.38. The molecule has 0 fully saturated rings. The number of benzene rings is 1. The van der Waals surface area contributed by atoms with Crippen LogP contribution in [0, 0.1) is 12.7 Å². The van der Waals surface area contributed by atoms with E-state index in [2.05, 4.69) is 28.2 Å². The van der Waals surface area contributed by atoms with Gasteiger partial charge in [0.2, 0.25) is 0 Å². The fourth-order valence-electron chi connectivity index (χ4n) is 2.22. The fraction of sp³-hybridized carbons (Fsp3) is 0.333. The lowest BCUT2D eigenvalue weighted by molar-refractivity contribution is 0.500. The van der Waals surface area contributed by atoms with Crippen molar-refractivity contribution in [2.75, 3.05) is 6.54 Å². The molecular formula is C15H17BrFNO. The second-order valence-corrected chi connectivity index (χ2v) is 5.25. The summed E-state index contributed by atoms with van der Waals surface area (Å²) in [4.78, 5) is 0. The number of furan rings is 1. The van der Waals surface area contributed by atoms with Crippen molar-refractivity contribution in [1.82, 2.24) is 5.32 Å². The molecule has 1 aromatic heterocycles. The second kappa shape index (κ2) is 6.35. The SMILES string of the molecule is CCNC(Cc1cccc(F)c1Br)c1ccoc1C. The van der Waals surface area contributed by atoms with E-state index in [1.54, 1.807) is 12.3 Å². The highest BCUT2D eigenvalue weighted by atomic mass is 79.9. The van der Waals surface area contributed by atoms with E-state index in [9.17, 15) is 4.39 Å². The van der Waals surface area contributed by atoms with Crippen molar-refractivity contribution in [3.8, 4) is 0 Å². The number of aryl methyl sites for hydroxylation is 1. The Bertz CT molecular complexity index is 553. The Morgan fingerprint density at radius 1 is 1.37 bits per heavy atom. The lowest BCUT2D eigenvalue weighted by atomic mass is 9.99. The van der Waals surface area contributed by atoms with Gasteiger partial charge in [-0.05, 0) is 53.5 Å². The second-order valence-electron chi connectivity index (χ2n) is 4.46. The van der Waals surface area contributed by atoms with E-state index in [1.807, 2.05) is 19.1 Å². The predicted molar refractivity (Wildman–Crippen MR) is 77.7 cm³/mol. The minimum absolute atomic E-state index is 0.127. The molecule has 1 aromatic carbocycles. The van der Waals surface area contributed by atoms with Crippen molar-refractivity contribution in [2.24, 2.45) is 0 Å². The van der Waals surface area contributed by atoms with Crippen LogP contribution in [0.15, 0.2) is 39.4 Å². The molecule has 1 N–H and O–H groups in total. The van der Waals surface area contributed by atoms with Gasteiger partial charge in [-0.25, -0.2) is 4.39 Å². The highest BCUT2D eigenvalue weighted by molar-refractivity contribution is 9.10. The van der Waals surface area contributed by atoms with Crippen molar-refractivity contribution in [1.29, 1.82) is 0 Å². The van der Waals surface area contributed by atoms with Crippen LogP contribution in [0.5, 0.6) is 0 Å². The molecule has 19 heavy (non-hydrogen) atoms. The molecule has 0 aliphatic carbocycles. The van der Waals surface area contributed by atoms with E-state index in [-0.39, 0.29) is 11.9 Å². The van der Waals surface area contributed by atoms with Gasteiger partial charge in [-0.1, -0.05) is 19.1 Å². The number of likely N-dealkylation sites (N-methyl/N-ethyl adjacent to an activating group) is 1. The maximum atomic E-state index is 13.6. The zero-order valence-electron chi connectivity index (χ0n) is 11.0. The third kappa shape index (κ3) is 3.25. The molecule has 0 saturated heterocycles. The highest BCUT2D eigenvalue weighted by Crippen LogP contribution is 2.27. The Morgan fingerprint density at radius 3 is 2.79 bits per heavy atom. The first-order valence-corrected chi connectivity index (χ1v) is 7.13. The van der Waals surface area contributed by atoms with E-state index >= 15 is 0 Å². The summed E-state index contributed by atoms with van der Waals surface area (Å²) in [7, 11) is 0. The fourth-order valence-corrected chi connectivity index (χ4v) is 2.65. The smallest absolute Gasteiger partial charge is 0.137 e. The topological polar surface area (TPSA) is 25.2 Å². The summed E-state index contributed by atoms with van der Waals surface area (Å²) in [6.45, 7) is 4.85. The summed E-state index contributed by atoms with van der Waals surface area (Å²) in [6.07, 6.45) is 2.40. The van der Waals surface area contributed by atoms with E-state index in [4.69, 9.17) is 4.42 Å². The molecule has 0 bridgehead atoms. The van der Waals surface area contributed by atoms with Gasteiger partial charge in [-0.2, -0.15) is 0 Å². The minimum atomic E-state index is -0.225. The molecule has 0 amide bonds. The van der Waals surface area contributed by atoms with E-state index in [1.165, 1.54) is 6.07 Å². The van der Waals surface area contributed by atoms with Gasteiger partial charge in [-0.3, -0.25) is 0 Å². The maximum absolute atomic E-state index is 13.6. The van der Waals surface area contributed by atoms with Crippen LogP contribution >= 0.6 is 15.9 Å². The van der Waals surface area contributed by atoms with E-state index in [0.29, 0.717) is 10.9 Å². The number of hydrogen-bond donors (Lipinski definition) is 1. The molecule has 0 aliphatic rings. The first-order valence-electron chi connectivity index (χ1n) is 6.33. The normalized spacial score (nSPS) is 12.6. The molecule has 1 unspecified atom stereocenters. The summed E-state index contributed by atoms with van der Waals surface area (Å²) in [5, 5.41) is 3.42. The monoisotopic (exact) mass is 325 g/mol. The van der Waals surface area contributed by atoms with Gasteiger partial charge >= 0.3 is 0 Å². The van der Waals surface area contributed by atoms with Crippen molar-refractivity contribution >= 4 is 15.9 Å². The van der Waals surface area contributed by atoms with Crippen LogP contribution in [0.1, 0.15) is 29.9 Å². The van der Waals surface area contributed by atoms with Crippen LogP contribution in [-0.2, 0) is 6.42 Å². The van der Waals surface area contributed by atoms with Gasteiger partial charge in [-0.15, -0.1) is 0 Å². The van der Waals surface area contributed by atoms with Crippen molar-refractivity contribution in [2.45, 2.75) is 26.3 Å². The molecule has 0 spiro atoms. The lowest BCUT2D eigenvalue weighted by Gasteiger charge is -2.18. The first kappa shape index (κ1) is 14.3. The Kier molecular flexibility index (Phi) is 4.77. The standard InChI is InChI=1S/C15H17BrFNO/c1-3-18-14(12-7-8-19-10(12)2)9-11-5-4-6-13(17)15(11)16/h4-8,14,18H,3,9H2,1-2H3. The average molecular weight is 326 g/mol. The molecule has 0 radical (unpaired) electrons. The largest absolute Gasteiger partial charge is 0.469 e. The molecule has 2 nitrogen and oxygen atoms in total. The van der Waals surface area contributed by atoms with Crippen molar-refractivity contribution < 1.29 is 8.81 Å². The number of rotatable bonds is 5. The molecule has 1 heterocycles. The highest BCUT2D eigenvalue weighted by Gasteiger charge is 2.17. The number of halogens is 2. The number of hydrogen-bond acceptors (Lipinski definition) is 2. The molecule has 0 aliphatic heterocycles. The summed E-state index contributed by atoms with van der Waals surface area (Å²) < 4.78 is 19.4. The molecule has 4 heteroatoms. The molecule has 0 saturated carbocycles. The Labute approximate surface area is 121 Å². The Balaban J connectivity index is 2.27. The van der Waals surface area contributed by atoms with Crippen LogP contribution in [0.2, 0.25) is 0 Å². The van der Waals surface area contributed by atoms with Gasteiger partial charge in [0.05, 0.1) is 10.7 Å². The summed E-state index contributed by atoms with van der Waals surface area (Å²) in [5.74, 6) is 0.676. The Hall–Kier alpha value is -1.13. The average Bonchev–Trinajstić information content (AvgIpc) is 2.80. The molecule has 102 valence electrons. The van der Waals surface area contributed by atoms with Gasteiger partial charge in [0, 0.05) is 11.6 Å². The van der Waals surface area contributed by atoms with E-state index in [0.717, 1.165) is 23.4 Å². The zero-order valence-corrected chi connectivity index (χ0v) is 12.6. The quantitative estimate of drug-likeness (QED) is 0.882. The molecular weight excluding hydrogens is 309 g/mol. The minimum Gasteiger partial charge on any atom is -0.469 e. The zero-order chi connectivity index (χ0) is 13.8. The van der Waals surface area contributed by atoms with Gasteiger partial charge in [0.1, 0.15) is 11.6 Å². The van der Waals surface area contributed by atoms with Gasteiger partial charge in [0.15, 0.2) is 0 Å². The van der Waals surface area contributed by atoms with Crippen molar-refractivity contribution in [3.05, 3.63) is 57.7 Å². The third-order valence-electron chi connectivity index (χ3n) is 3.18.